The van der Waals surface area contributed by atoms with Crippen molar-refractivity contribution >= 4 is 57.3 Å². The zero-order valence-electron chi connectivity index (χ0n) is 19.8. The van der Waals surface area contributed by atoms with E-state index in [0.29, 0.717) is 10.4 Å². The lowest BCUT2D eigenvalue weighted by Crippen LogP contribution is -2.44. The number of amides is 2. The van der Waals surface area contributed by atoms with Crippen LogP contribution in [0.3, 0.4) is 0 Å². The molecule has 1 aromatic carbocycles. The number of ether oxygens (including phenoxy) is 1. The summed E-state index contributed by atoms with van der Waals surface area (Å²) >= 11 is 2.55. The van der Waals surface area contributed by atoms with Gasteiger partial charge in [-0.3, -0.25) is 14.4 Å². The van der Waals surface area contributed by atoms with Gasteiger partial charge in [0, 0.05) is 11.1 Å². The molecule has 3 aliphatic rings. The number of carbonyl (C=O) groups excluding carboxylic acids is 4. The summed E-state index contributed by atoms with van der Waals surface area (Å²) in [6, 6.07) is 10.0. The molecule has 182 valence electrons. The SMILES string of the molecule is COC(=O)c1c(N2C(=O)[C@@H]3[C@@H](C2=O)[C@@H]2c4ccccc4C=CN2[C@@H]3C(=O)c2cccs2)sc(C)c1C. The minimum absolute atomic E-state index is 0.179. The molecule has 3 aliphatic heterocycles. The van der Waals surface area contributed by atoms with E-state index in [1.807, 2.05) is 53.7 Å². The number of carbonyl (C=O) groups is 4. The maximum atomic E-state index is 14.1. The van der Waals surface area contributed by atoms with Gasteiger partial charge in [-0.25, -0.2) is 9.69 Å². The van der Waals surface area contributed by atoms with Crippen molar-refractivity contribution in [2.45, 2.75) is 25.9 Å². The fourth-order valence-corrected chi connectivity index (χ4v) is 7.58. The van der Waals surface area contributed by atoms with Gasteiger partial charge < -0.3 is 9.64 Å². The number of hydrogen-bond acceptors (Lipinski definition) is 8. The molecule has 2 aromatic heterocycles. The van der Waals surface area contributed by atoms with Crippen LogP contribution in [0.1, 0.15) is 47.6 Å². The Hall–Kier alpha value is -3.56. The van der Waals surface area contributed by atoms with Gasteiger partial charge in [-0.05, 0) is 48.1 Å². The Kier molecular flexibility index (Phi) is 5.24. The molecule has 0 bridgehead atoms. The molecule has 3 aromatic rings. The van der Waals surface area contributed by atoms with Crippen LogP contribution in [-0.4, -0.2) is 41.6 Å². The molecule has 5 heterocycles. The molecule has 0 unspecified atom stereocenters. The van der Waals surface area contributed by atoms with Crippen molar-refractivity contribution in [1.29, 1.82) is 0 Å². The quantitative estimate of drug-likeness (QED) is 0.285. The van der Waals surface area contributed by atoms with Crippen LogP contribution in [0.4, 0.5) is 5.00 Å². The lowest BCUT2D eigenvalue weighted by Gasteiger charge is -2.35. The van der Waals surface area contributed by atoms with Crippen molar-refractivity contribution in [2.24, 2.45) is 11.8 Å². The highest BCUT2D eigenvalue weighted by Gasteiger charge is 2.65. The molecule has 0 spiro atoms. The van der Waals surface area contributed by atoms with Gasteiger partial charge in [0.2, 0.25) is 11.8 Å². The smallest absolute Gasteiger partial charge is 0.341 e. The van der Waals surface area contributed by atoms with Crippen LogP contribution in [0.15, 0.2) is 48.0 Å². The number of Topliss-reactive ketones (excluding diaryl/α,β-unsaturated/α-hetero) is 1. The predicted octanol–water partition coefficient (Wildman–Crippen LogP) is 4.61. The van der Waals surface area contributed by atoms with E-state index >= 15 is 0 Å². The van der Waals surface area contributed by atoms with Crippen molar-refractivity contribution < 1.29 is 23.9 Å². The average molecular weight is 519 g/mol. The second-order valence-electron chi connectivity index (χ2n) is 9.14. The first-order chi connectivity index (χ1) is 17.3. The molecule has 2 amide bonds. The van der Waals surface area contributed by atoms with Crippen LogP contribution in [0, 0.1) is 25.7 Å². The first kappa shape index (κ1) is 22.9. The highest BCUT2D eigenvalue weighted by Crippen LogP contribution is 2.55. The predicted molar refractivity (Wildman–Crippen MR) is 137 cm³/mol. The third-order valence-corrected chi connectivity index (χ3v) is 9.53. The third kappa shape index (κ3) is 3.02. The number of aryl methyl sites for hydroxylation is 1. The Bertz CT molecular complexity index is 1470. The van der Waals surface area contributed by atoms with Crippen molar-refractivity contribution in [3.8, 4) is 0 Å². The lowest BCUT2D eigenvalue weighted by molar-refractivity contribution is -0.123. The van der Waals surface area contributed by atoms with Gasteiger partial charge in [-0.2, -0.15) is 0 Å². The molecule has 0 aliphatic carbocycles. The fourth-order valence-electron chi connectivity index (χ4n) is 5.73. The van der Waals surface area contributed by atoms with Crippen LogP contribution in [0.25, 0.3) is 6.08 Å². The Balaban J connectivity index is 1.52. The van der Waals surface area contributed by atoms with Gasteiger partial charge in [-0.1, -0.05) is 30.3 Å². The molecule has 2 saturated heterocycles. The topological polar surface area (TPSA) is 84.0 Å². The molecule has 4 atom stereocenters. The summed E-state index contributed by atoms with van der Waals surface area (Å²) in [7, 11) is 1.28. The number of imide groups is 1. The van der Waals surface area contributed by atoms with Crippen molar-refractivity contribution in [1.82, 2.24) is 4.90 Å². The number of benzene rings is 1. The zero-order valence-corrected chi connectivity index (χ0v) is 21.4. The minimum atomic E-state index is -0.874. The van der Waals surface area contributed by atoms with Crippen molar-refractivity contribution in [3.05, 3.63) is 80.0 Å². The standard InChI is InChI=1S/C27H22N2O5S2/c1-13-14(2)36-26(18(13)27(33)34-3)29-24(31)19-20(25(29)32)22(23(30)17-9-6-12-35-17)28-11-10-15-7-4-5-8-16(15)21(19)28/h4-12,19-22H,1-3H3/t19-,20-,21+,22+/m1/s1. The van der Waals surface area contributed by atoms with E-state index in [2.05, 4.69) is 0 Å². The van der Waals surface area contributed by atoms with Gasteiger partial charge in [0.1, 0.15) is 11.0 Å². The van der Waals surface area contributed by atoms with Gasteiger partial charge in [0.15, 0.2) is 5.78 Å². The normalized spacial score (nSPS) is 24.1. The second kappa shape index (κ2) is 8.25. The number of nitrogens with zero attached hydrogens (tertiary/aromatic N) is 2. The van der Waals surface area contributed by atoms with Crippen LogP contribution in [0.2, 0.25) is 0 Å². The fraction of sp³-hybridized carbons (Fsp3) is 0.259. The van der Waals surface area contributed by atoms with E-state index < -0.39 is 41.7 Å². The van der Waals surface area contributed by atoms with E-state index in [0.717, 1.165) is 20.9 Å². The molecular formula is C27H22N2O5S2. The Morgan fingerprint density at radius 1 is 1.00 bits per heavy atom. The number of thiophene rings is 2. The van der Waals surface area contributed by atoms with Crippen LogP contribution in [-0.2, 0) is 14.3 Å². The van der Waals surface area contributed by atoms with E-state index in [1.54, 1.807) is 19.1 Å². The summed E-state index contributed by atoms with van der Waals surface area (Å²) in [5.41, 5.74) is 2.77. The molecule has 6 rings (SSSR count). The zero-order chi connectivity index (χ0) is 25.3. The number of hydrogen-bond donors (Lipinski definition) is 0. The molecule has 0 N–H and O–H groups in total. The lowest BCUT2D eigenvalue weighted by atomic mass is 9.84. The Morgan fingerprint density at radius 3 is 2.47 bits per heavy atom. The van der Waals surface area contributed by atoms with Gasteiger partial charge in [-0.15, -0.1) is 22.7 Å². The summed E-state index contributed by atoms with van der Waals surface area (Å²) in [6.45, 7) is 3.62. The number of anilines is 1. The van der Waals surface area contributed by atoms with E-state index in [4.69, 9.17) is 4.74 Å². The highest BCUT2D eigenvalue weighted by molar-refractivity contribution is 7.17. The molecule has 9 heteroatoms. The van der Waals surface area contributed by atoms with Crippen molar-refractivity contribution in [2.75, 3.05) is 12.0 Å². The van der Waals surface area contributed by atoms with Crippen LogP contribution < -0.4 is 4.90 Å². The number of methoxy groups -OCH3 is 1. The number of rotatable bonds is 4. The maximum absolute atomic E-state index is 14.1. The second-order valence-corrected chi connectivity index (χ2v) is 11.3. The molecule has 36 heavy (non-hydrogen) atoms. The summed E-state index contributed by atoms with van der Waals surface area (Å²) in [5, 5.41) is 2.10. The van der Waals surface area contributed by atoms with Crippen LogP contribution in [0.5, 0.6) is 0 Å². The largest absolute Gasteiger partial charge is 0.465 e. The molecule has 2 fully saturated rings. The van der Waals surface area contributed by atoms with Crippen molar-refractivity contribution in [3.63, 3.8) is 0 Å². The molecule has 7 nitrogen and oxygen atoms in total. The summed E-state index contributed by atoms with van der Waals surface area (Å²) in [5.74, 6) is -3.25. The van der Waals surface area contributed by atoms with E-state index in [9.17, 15) is 19.2 Å². The van der Waals surface area contributed by atoms with E-state index in [-0.39, 0.29) is 16.3 Å². The monoisotopic (exact) mass is 518 g/mol. The third-order valence-electron chi connectivity index (χ3n) is 7.45. The summed E-state index contributed by atoms with van der Waals surface area (Å²) < 4.78 is 4.98. The summed E-state index contributed by atoms with van der Waals surface area (Å²) in [4.78, 5) is 59.0. The first-order valence-corrected chi connectivity index (χ1v) is 13.2. The maximum Gasteiger partial charge on any atom is 0.341 e. The molecule has 0 radical (unpaired) electrons. The highest BCUT2D eigenvalue weighted by atomic mass is 32.1. The number of ketones is 1. The molecular weight excluding hydrogens is 496 g/mol. The Labute approximate surface area is 215 Å². The Morgan fingerprint density at radius 2 is 1.75 bits per heavy atom. The van der Waals surface area contributed by atoms with Gasteiger partial charge >= 0.3 is 5.97 Å². The number of fused-ring (bicyclic) bond motifs is 5. The first-order valence-electron chi connectivity index (χ1n) is 11.5. The van der Waals surface area contributed by atoms with Gasteiger partial charge in [0.25, 0.3) is 0 Å². The summed E-state index contributed by atoms with van der Waals surface area (Å²) in [6.07, 6.45) is 3.77. The average Bonchev–Trinajstić information content (AvgIpc) is 3.64. The van der Waals surface area contributed by atoms with E-state index in [1.165, 1.54) is 29.8 Å². The number of esters is 1. The minimum Gasteiger partial charge on any atom is -0.465 e. The molecule has 0 saturated carbocycles. The van der Waals surface area contributed by atoms with Gasteiger partial charge in [0.05, 0.1) is 35.4 Å². The van der Waals surface area contributed by atoms with Crippen LogP contribution >= 0.6 is 22.7 Å².